The third-order valence-electron chi connectivity index (χ3n) is 4.35. The number of amides is 1. The van der Waals surface area contributed by atoms with Gasteiger partial charge in [-0.3, -0.25) is 0 Å². The molecule has 1 aromatic rings. The fraction of sp³-hybridized carbons (Fsp3) is 0.667. The summed E-state index contributed by atoms with van der Waals surface area (Å²) in [6.45, 7) is 9.84. The van der Waals surface area contributed by atoms with Crippen LogP contribution in [-0.2, 0) is 30.3 Å². The molecule has 0 radical (unpaired) electrons. The Morgan fingerprint density at radius 2 is 1.93 bits per heavy atom. The van der Waals surface area contributed by atoms with E-state index in [1.165, 1.54) is 0 Å². The Kier molecular flexibility index (Phi) is 8.24. The Labute approximate surface area is 167 Å². The van der Waals surface area contributed by atoms with Gasteiger partial charge in [0.25, 0.3) is 0 Å². The van der Waals surface area contributed by atoms with E-state index in [2.05, 4.69) is 0 Å². The summed E-state index contributed by atoms with van der Waals surface area (Å²) in [5.74, 6) is -0.530. The molecule has 158 valence electrons. The van der Waals surface area contributed by atoms with Crippen LogP contribution in [0.5, 0.6) is 0 Å². The second-order valence-corrected chi connectivity index (χ2v) is 8.24. The monoisotopic (exact) mass is 395 g/mol. The zero-order valence-electron chi connectivity index (χ0n) is 17.3. The highest BCUT2D eigenvalue weighted by molar-refractivity contribution is 5.65. The molecule has 1 fully saturated rings. The minimum Gasteiger partial charge on any atom is -0.444 e. The van der Waals surface area contributed by atoms with Gasteiger partial charge in [0, 0.05) is 5.92 Å². The summed E-state index contributed by atoms with van der Waals surface area (Å²) in [4.78, 5) is 11.2. The molecule has 0 saturated carbocycles. The van der Waals surface area contributed by atoms with E-state index in [1.807, 2.05) is 58.0 Å². The summed E-state index contributed by atoms with van der Waals surface area (Å²) in [5, 5.41) is 0. The lowest BCUT2D eigenvalue weighted by Crippen LogP contribution is -2.36. The van der Waals surface area contributed by atoms with Crippen molar-refractivity contribution in [2.45, 2.75) is 58.2 Å². The van der Waals surface area contributed by atoms with E-state index in [-0.39, 0.29) is 12.0 Å². The lowest BCUT2D eigenvalue weighted by Gasteiger charge is -2.29. The van der Waals surface area contributed by atoms with Crippen LogP contribution in [0.4, 0.5) is 4.79 Å². The Balaban J connectivity index is 1.83. The van der Waals surface area contributed by atoms with Gasteiger partial charge in [-0.25, -0.2) is 4.79 Å². The van der Waals surface area contributed by atoms with Gasteiger partial charge >= 0.3 is 6.09 Å². The van der Waals surface area contributed by atoms with E-state index in [0.717, 1.165) is 5.56 Å². The highest BCUT2D eigenvalue weighted by Gasteiger charge is 2.33. The molecule has 0 bridgehead atoms. The normalized spacial score (nSPS) is 20.1. The van der Waals surface area contributed by atoms with Crippen LogP contribution in [0.2, 0.25) is 0 Å². The van der Waals surface area contributed by atoms with Gasteiger partial charge in [-0.1, -0.05) is 30.3 Å². The molecular formula is C21H33NO6. The standard InChI is InChI=1S/C21H33NO6/c1-20(2,28-19(22)23)10-17(12-24-11-16-8-6-5-7-9-16)13-25-14-18-15-26-21(3,4)27-18/h5-9,17-18H,10-15H2,1-4H3,(H2,22,23). The summed E-state index contributed by atoms with van der Waals surface area (Å²) in [7, 11) is 0. The van der Waals surface area contributed by atoms with Gasteiger partial charge in [0.2, 0.25) is 0 Å². The quantitative estimate of drug-likeness (QED) is 0.619. The number of benzene rings is 1. The zero-order valence-corrected chi connectivity index (χ0v) is 17.3. The number of rotatable bonds is 11. The molecule has 1 aliphatic heterocycles. The summed E-state index contributed by atoms with van der Waals surface area (Å²) < 4.78 is 28.3. The molecule has 7 nitrogen and oxygen atoms in total. The molecule has 1 aromatic carbocycles. The van der Waals surface area contributed by atoms with Gasteiger partial charge < -0.3 is 29.4 Å². The number of hydrogen-bond donors (Lipinski definition) is 1. The lowest BCUT2D eigenvalue weighted by molar-refractivity contribution is -0.146. The molecular weight excluding hydrogens is 362 g/mol. The van der Waals surface area contributed by atoms with Crippen molar-refractivity contribution in [3.63, 3.8) is 0 Å². The minimum absolute atomic E-state index is 0.0355. The third-order valence-corrected chi connectivity index (χ3v) is 4.35. The highest BCUT2D eigenvalue weighted by atomic mass is 16.7. The molecule has 2 rings (SSSR count). The number of hydrogen-bond acceptors (Lipinski definition) is 6. The first-order valence-corrected chi connectivity index (χ1v) is 9.65. The summed E-state index contributed by atoms with van der Waals surface area (Å²) in [6, 6.07) is 9.97. The molecule has 2 unspecified atom stereocenters. The van der Waals surface area contributed by atoms with Gasteiger partial charge in [0.05, 0.1) is 33.0 Å². The number of primary amides is 1. The van der Waals surface area contributed by atoms with E-state index in [9.17, 15) is 4.79 Å². The van der Waals surface area contributed by atoms with Crippen LogP contribution >= 0.6 is 0 Å². The van der Waals surface area contributed by atoms with Crippen molar-refractivity contribution >= 4 is 6.09 Å². The van der Waals surface area contributed by atoms with Crippen molar-refractivity contribution in [1.29, 1.82) is 0 Å². The Bertz CT molecular complexity index is 604. The van der Waals surface area contributed by atoms with Crippen molar-refractivity contribution in [3.05, 3.63) is 35.9 Å². The fourth-order valence-corrected chi connectivity index (χ4v) is 3.30. The fourth-order valence-electron chi connectivity index (χ4n) is 3.30. The van der Waals surface area contributed by atoms with E-state index in [4.69, 9.17) is 29.4 Å². The molecule has 2 atom stereocenters. The number of ether oxygens (including phenoxy) is 5. The van der Waals surface area contributed by atoms with Crippen molar-refractivity contribution in [2.75, 3.05) is 26.4 Å². The maximum Gasteiger partial charge on any atom is 0.405 e. The molecule has 0 aliphatic carbocycles. The molecule has 28 heavy (non-hydrogen) atoms. The van der Waals surface area contributed by atoms with Crippen molar-refractivity contribution in [1.82, 2.24) is 0 Å². The van der Waals surface area contributed by atoms with Crippen molar-refractivity contribution in [3.8, 4) is 0 Å². The number of carbonyl (C=O) groups excluding carboxylic acids is 1. The maximum absolute atomic E-state index is 11.2. The van der Waals surface area contributed by atoms with Gasteiger partial charge in [0.15, 0.2) is 5.79 Å². The predicted octanol–water partition coefficient (Wildman–Crippen LogP) is 3.25. The smallest absolute Gasteiger partial charge is 0.405 e. The van der Waals surface area contributed by atoms with Gasteiger partial charge in [-0.15, -0.1) is 0 Å². The van der Waals surface area contributed by atoms with Crippen LogP contribution in [0.1, 0.15) is 39.7 Å². The SMILES string of the molecule is CC(C)(CC(COCc1ccccc1)COCC1COC(C)(C)O1)OC(N)=O. The van der Waals surface area contributed by atoms with Crippen LogP contribution in [0, 0.1) is 5.92 Å². The lowest BCUT2D eigenvalue weighted by atomic mass is 9.94. The highest BCUT2D eigenvalue weighted by Crippen LogP contribution is 2.24. The van der Waals surface area contributed by atoms with Gasteiger partial charge in [-0.2, -0.15) is 0 Å². The second-order valence-electron chi connectivity index (χ2n) is 8.24. The van der Waals surface area contributed by atoms with Crippen LogP contribution < -0.4 is 5.73 Å². The maximum atomic E-state index is 11.2. The molecule has 7 heteroatoms. The average molecular weight is 395 g/mol. The van der Waals surface area contributed by atoms with E-state index in [1.54, 1.807) is 0 Å². The van der Waals surface area contributed by atoms with E-state index >= 15 is 0 Å². The van der Waals surface area contributed by atoms with Crippen molar-refractivity contribution in [2.24, 2.45) is 11.7 Å². The van der Waals surface area contributed by atoms with Crippen LogP contribution in [0.25, 0.3) is 0 Å². The minimum atomic E-state index is -0.784. The Morgan fingerprint density at radius 1 is 1.25 bits per heavy atom. The molecule has 1 aliphatic rings. The molecule has 1 saturated heterocycles. The molecule has 0 aromatic heterocycles. The molecule has 2 N–H and O–H groups in total. The first-order valence-electron chi connectivity index (χ1n) is 9.65. The van der Waals surface area contributed by atoms with E-state index in [0.29, 0.717) is 39.5 Å². The Hall–Kier alpha value is -1.67. The second kappa shape index (κ2) is 10.2. The Morgan fingerprint density at radius 3 is 2.54 bits per heavy atom. The zero-order chi connectivity index (χ0) is 20.6. The molecule has 0 spiro atoms. The van der Waals surface area contributed by atoms with Gasteiger partial charge in [0.1, 0.15) is 11.7 Å². The van der Waals surface area contributed by atoms with Gasteiger partial charge in [-0.05, 0) is 39.7 Å². The van der Waals surface area contributed by atoms with Crippen LogP contribution in [0.3, 0.4) is 0 Å². The number of carbonyl (C=O) groups is 1. The first-order chi connectivity index (χ1) is 13.2. The topological polar surface area (TPSA) is 89.2 Å². The van der Waals surface area contributed by atoms with Crippen LogP contribution in [0.15, 0.2) is 30.3 Å². The predicted molar refractivity (Wildman–Crippen MR) is 105 cm³/mol. The third kappa shape index (κ3) is 8.56. The number of nitrogens with two attached hydrogens (primary N) is 1. The molecule has 1 amide bonds. The van der Waals surface area contributed by atoms with E-state index < -0.39 is 17.5 Å². The average Bonchev–Trinajstić information content (AvgIpc) is 2.93. The molecule has 1 heterocycles. The summed E-state index contributed by atoms with van der Waals surface area (Å²) in [6.07, 6.45) is -0.303. The van der Waals surface area contributed by atoms with Crippen LogP contribution in [-0.4, -0.2) is 50.0 Å². The first kappa shape index (κ1) is 22.6. The summed E-state index contributed by atoms with van der Waals surface area (Å²) in [5.41, 5.74) is 5.59. The largest absolute Gasteiger partial charge is 0.444 e. The van der Waals surface area contributed by atoms with Crippen molar-refractivity contribution < 1.29 is 28.5 Å². The summed E-state index contributed by atoms with van der Waals surface area (Å²) >= 11 is 0.